The van der Waals surface area contributed by atoms with E-state index in [2.05, 4.69) is 21.2 Å². The van der Waals surface area contributed by atoms with E-state index in [1.54, 1.807) is 18.1 Å². The quantitative estimate of drug-likeness (QED) is 0.819. The predicted octanol–water partition coefficient (Wildman–Crippen LogP) is 3.48. The Labute approximate surface area is 149 Å². The summed E-state index contributed by atoms with van der Waals surface area (Å²) in [6, 6.07) is 3.37. The zero-order chi connectivity index (χ0) is 17.5. The number of amides is 2. The first kappa shape index (κ1) is 17.1. The van der Waals surface area contributed by atoms with E-state index in [9.17, 15) is 14.7 Å². The predicted molar refractivity (Wildman–Crippen MR) is 93.4 cm³/mol. The Kier molecular flexibility index (Phi) is 4.46. The summed E-state index contributed by atoms with van der Waals surface area (Å²) in [5, 5.41) is 12.5. The molecular formula is C17H21BrN2O4. The minimum Gasteiger partial charge on any atom is -0.495 e. The number of rotatable bonds is 3. The number of methoxy groups -OCH3 is 1. The number of hydrogen-bond acceptors (Lipinski definition) is 3. The van der Waals surface area contributed by atoms with Crippen LogP contribution in [0.1, 0.15) is 24.8 Å². The molecule has 0 unspecified atom stereocenters. The Balaban J connectivity index is 1.77. The highest BCUT2D eigenvalue weighted by Gasteiger charge is 2.55. The largest absolute Gasteiger partial charge is 0.495 e. The van der Waals surface area contributed by atoms with Crippen molar-refractivity contribution in [2.75, 3.05) is 25.5 Å². The third-order valence-corrected chi connectivity index (χ3v) is 6.16. The van der Waals surface area contributed by atoms with Gasteiger partial charge in [-0.2, -0.15) is 0 Å². The smallest absolute Gasteiger partial charge is 0.321 e. The second kappa shape index (κ2) is 6.27. The van der Waals surface area contributed by atoms with Crippen molar-refractivity contribution in [1.29, 1.82) is 0 Å². The third kappa shape index (κ3) is 2.75. The number of likely N-dealkylation sites (tertiary alicyclic amines) is 1. The number of carbonyl (C=O) groups is 2. The zero-order valence-electron chi connectivity index (χ0n) is 13.8. The minimum atomic E-state index is -0.782. The molecule has 0 aromatic heterocycles. The molecule has 130 valence electrons. The maximum Gasteiger partial charge on any atom is 0.321 e. The first-order valence-corrected chi connectivity index (χ1v) is 8.80. The number of hydrogen-bond donors (Lipinski definition) is 2. The average molecular weight is 397 g/mol. The molecule has 0 radical (unpaired) electrons. The highest BCUT2D eigenvalue weighted by Crippen LogP contribution is 2.49. The van der Waals surface area contributed by atoms with Gasteiger partial charge < -0.3 is 20.1 Å². The van der Waals surface area contributed by atoms with Gasteiger partial charge in [0.25, 0.3) is 0 Å². The van der Waals surface area contributed by atoms with E-state index in [4.69, 9.17) is 4.74 Å². The molecule has 1 aliphatic heterocycles. The summed E-state index contributed by atoms with van der Waals surface area (Å²) in [6.45, 7) is 2.71. The number of benzene rings is 1. The fourth-order valence-corrected chi connectivity index (χ4v) is 4.25. The van der Waals surface area contributed by atoms with Crippen molar-refractivity contribution in [2.24, 2.45) is 11.3 Å². The van der Waals surface area contributed by atoms with E-state index >= 15 is 0 Å². The summed E-state index contributed by atoms with van der Waals surface area (Å²) < 4.78 is 6.20. The fraction of sp³-hybridized carbons (Fsp3) is 0.529. The summed E-state index contributed by atoms with van der Waals surface area (Å²) in [5.74, 6) is -0.153. The van der Waals surface area contributed by atoms with Crippen LogP contribution >= 0.6 is 15.9 Å². The van der Waals surface area contributed by atoms with E-state index in [1.165, 1.54) is 0 Å². The molecule has 1 aromatic carbocycles. The lowest BCUT2D eigenvalue weighted by Gasteiger charge is -2.23. The van der Waals surface area contributed by atoms with Gasteiger partial charge in [-0.05, 0) is 43.4 Å². The summed E-state index contributed by atoms with van der Waals surface area (Å²) >= 11 is 3.45. The summed E-state index contributed by atoms with van der Waals surface area (Å²) in [5.41, 5.74) is 0.807. The number of carboxylic acid groups (broad SMARTS) is 1. The number of halogens is 1. The number of urea groups is 1. The average Bonchev–Trinajstić information content (AvgIpc) is 3.08. The van der Waals surface area contributed by atoms with E-state index in [0.29, 0.717) is 24.4 Å². The number of carboxylic acids is 1. The molecule has 2 aliphatic rings. The normalized spacial score (nSPS) is 25.5. The van der Waals surface area contributed by atoms with Crippen molar-refractivity contribution in [2.45, 2.75) is 26.2 Å². The van der Waals surface area contributed by atoms with E-state index in [1.807, 2.05) is 13.0 Å². The molecule has 1 heterocycles. The Morgan fingerprint density at radius 3 is 2.83 bits per heavy atom. The molecule has 1 aromatic rings. The van der Waals surface area contributed by atoms with Gasteiger partial charge in [0.15, 0.2) is 0 Å². The number of aryl methyl sites for hydroxylation is 1. The van der Waals surface area contributed by atoms with Crippen LogP contribution in [0.5, 0.6) is 5.75 Å². The summed E-state index contributed by atoms with van der Waals surface area (Å²) in [6.07, 6.45) is 2.44. The third-order valence-electron chi connectivity index (χ3n) is 5.31. The molecule has 3 rings (SSSR count). The molecule has 2 N–H and O–H groups in total. The SMILES string of the molecule is COc1cc(C)c(Br)cc1NC(=O)N1C[C@@H]2CCC[C@@]2(C(=O)O)C1. The number of anilines is 1. The van der Waals surface area contributed by atoms with Crippen molar-refractivity contribution < 1.29 is 19.4 Å². The van der Waals surface area contributed by atoms with Crippen LogP contribution in [-0.4, -0.2) is 42.2 Å². The minimum absolute atomic E-state index is 0.0485. The van der Waals surface area contributed by atoms with Crippen LogP contribution in [0.4, 0.5) is 10.5 Å². The Hall–Kier alpha value is -1.76. The molecule has 0 bridgehead atoms. The van der Waals surface area contributed by atoms with Crippen LogP contribution in [0.25, 0.3) is 0 Å². The van der Waals surface area contributed by atoms with Gasteiger partial charge in [-0.3, -0.25) is 4.79 Å². The van der Waals surface area contributed by atoms with Gasteiger partial charge in [0.1, 0.15) is 5.75 Å². The number of nitrogens with zero attached hydrogens (tertiary/aromatic N) is 1. The fourth-order valence-electron chi connectivity index (χ4n) is 3.91. The second-order valence-electron chi connectivity index (χ2n) is 6.66. The van der Waals surface area contributed by atoms with Crippen molar-refractivity contribution in [3.8, 4) is 5.75 Å². The molecule has 6 nitrogen and oxygen atoms in total. The zero-order valence-corrected chi connectivity index (χ0v) is 15.4. The highest BCUT2D eigenvalue weighted by atomic mass is 79.9. The van der Waals surface area contributed by atoms with Gasteiger partial charge in [0.05, 0.1) is 18.2 Å². The van der Waals surface area contributed by atoms with Crippen molar-refractivity contribution in [3.63, 3.8) is 0 Å². The van der Waals surface area contributed by atoms with Gasteiger partial charge in [-0.15, -0.1) is 0 Å². The summed E-state index contributed by atoms with van der Waals surface area (Å²) in [4.78, 5) is 26.0. The molecule has 7 heteroatoms. The number of aliphatic carboxylic acids is 1. The Bertz CT molecular complexity index is 693. The number of carbonyl (C=O) groups excluding carboxylic acids is 1. The second-order valence-corrected chi connectivity index (χ2v) is 7.52. The van der Waals surface area contributed by atoms with Crippen molar-refractivity contribution in [3.05, 3.63) is 22.2 Å². The molecule has 0 spiro atoms. The molecule has 1 saturated carbocycles. The molecule has 1 saturated heterocycles. The Morgan fingerprint density at radius 2 is 2.21 bits per heavy atom. The van der Waals surface area contributed by atoms with Gasteiger partial charge in [-0.1, -0.05) is 22.4 Å². The first-order chi connectivity index (χ1) is 11.4. The molecule has 24 heavy (non-hydrogen) atoms. The van der Waals surface area contributed by atoms with Crippen molar-refractivity contribution in [1.82, 2.24) is 4.90 Å². The van der Waals surface area contributed by atoms with E-state index in [0.717, 1.165) is 22.9 Å². The molecular weight excluding hydrogens is 376 g/mol. The first-order valence-electron chi connectivity index (χ1n) is 8.01. The molecule has 2 atom stereocenters. The lowest BCUT2D eigenvalue weighted by Crippen LogP contribution is -2.38. The van der Waals surface area contributed by atoms with E-state index < -0.39 is 11.4 Å². The van der Waals surface area contributed by atoms with Crippen LogP contribution in [-0.2, 0) is 4.79 Å². The van der Waals surface area contributed by atoms with Crippen LogP contribution in [0.3, 0.4) is 0 Å². The number of fused-ring (bicyclic) bond motifs is 1. The topological polar surface area (TPSA) is 78.9 Å². The monoisotopic (exact) mass is 396 g/mol. The van der Waals surface area contributed by atoms with Crippen LogP contribution in [0, 0.1) is 18.3 Å². The lowest BCUT2D eigenvalue weighted by molar-refractivity contribution is -0.149. The van der Waals surface area contributed by atoms with Gasteiger partial charge >= 0.3 is 12.0 Å². The highest BCUT2D eigenvalue weighted by molar-refractivity contribution is 9.10. The van der Waals surface area contributed by atoms with E-state index in [-0.39, 0.29) is 18.5 Å². The molecule has 2 fully saturated rings. The maximum absolute atomic E-state index is 12.6. The molecule has 1 aliphatic carbocycles. The van der Waals surface area contributed by atoms with Gasteiger partial charge in [-0.25, -0.2) is 4.79 Å². The Morgan fingerprint density at radius 1 is 1.46 bits per heavy atom. The van der Waals surface area contributed by atoms with Crippen LogP contribution in [0.15, 0.2) is 16.6 Å². The maximum atomic E-state index is 12.6. The van der Waals surface area contributed by atoms with Crippen LogP contribution in [0.2, 0.25) is 0 Å². The number of nitrogens with one attached hydrogen (secondary N) is 1. The summed E-state index contributed by atoms with van der Waals surface area (Å²) in [7, 11) is 1.55. The molecule has 2 amide bonds. The lowest BCUT2D eigenvalue weighted by atomic mass is 9.81. The van der Waals surface area contributed by atoms with Crippen LogP contribution < -0.4 is 10.1 Å². The van der Waals surface area contributed by atoms with Gasteiger partial charge in [0.2, 0.25) is 0 Å². The van der Waals surface area contributed by atoms with Crippen molar-refractivity contribution >= 4 is 33.6 Å². The standard InChI is InChI=1S/C17H21BrN2O4/c1-10-6-14(24-2)13(7-12(10)18)19-16(23)20-8-11-4-3-5-17(11,9-20)15(21)22/h6-7,11H,3-5,8-9H2,1-2H3,(H,19,23)(H,21,22)/t11-,17+/m0/s1. The van der Waals surface area contributed by atoms with Gasteiger partial charge in [0, 0.05) is 17.6 Å². The number of ether oxygens (including phenoxy) is 1.